The molecule has 1 aliphatic rings. The molecule has 2 aromatic carbocycles. The van der Waals surface area contributed by atoms with Crippen LogP contribution in [0, 0.1) is 15.9 Å². The van der Waals surface area contributed by atoms with Crippen LogP contribution >= 0.6 is 11.8 Å². The number of furan rings is 1. The number of carbonyl (C=O) groups is 2. The molecule has 3 aromatic rings. The molecule has 0 aliphatic carbocycles. The van der Waals surface area contributed by atoms with Crippen molar-refractivity contribution in [2.75, 3.05) is 0 Å². The number of aryl methyl sites for hydroxylation is 1. The molecule has 1 atom stereocenters. The average Bonchev–Trinajstić information content (AvgIpc) is 3.48. The number of nitro groups is 1. The Labute approximate surface area is 220 Å². The highest BCUT2D eigenvalue weighted by Crippen LogP contribution is 2.30. The van der Waals surface area contributed by atoms with Gasteiger partial charge in [-0.2, -0.15) is 0 Å². The van der Waals surface area contributed by atoms with E-state index in [1.54, 1.807) is 12.1 Å². The molecular formula is C24H19FN4O7S2. The van der Waals surface area contributed by atoms with Gasteiger partial charge < -0.3 is 9.73 Å². The second-order valence-corrected chi connectivity index (χ2v) is 10.5. The van der Waals surface area contributed by atoms with Crippen LogP contribution in [0.5, 0.6) is 0 Å². The molecule has 14 heteroatoms. The van der Waals surface area contributed by atoms with Crippen LogP contribution in [0.2, 0.25) is 0 Å². The van der Waals surface area contributed by atoms with Crippen molar-refractivity contribution in [3.8, 4) is 0 Å². The molecule has 0 bridgehead atoms. The average molecular weight is 559 g/mol. The van der Waals surface area contributed by atoms with Gasteiger partial charge in [0.25, 0.3) is 27.5 Å². The van der Waals surface area contributed by atoms with Crippen LogP contribution in [0.25, 0.3) is 6.08 Å². The van der Waals surface area contributed by atoms with Gasteiger partial charge in [0.15, 0.2) is 11.2 Å². The van der Waals surface area contributed by atoms with Crippen molar-refractivity contribution in [1.29, 1.82) is 0 Å². The van der Waals surface area contributed by atoms with E-state index in [1.165, 1.54) is 18.2 Å². The monoisotopic (exact) mass is 558 g/mol. The minimum absolute atomic E-state index is 0.0146. The molecule has 0 unspecified atom stereocenters. The van der Waals surface area contributed by atoms with Gasteiger partial charge in [0.05, 0.1) is 14.7 Å². The third kappa shape index (κ3) is 6.15. The van der Waals surface area contributed by atoms with Crippen molar-refractivity contribution in [2.24, 2.45) is 4.99 Å². The van der Waals surface area contributed by atoms with Crippen molar-refractivity contribution >= 4 is 50.5 Å². The lowest BCUT2D eigenvalue weighted by atomic mass is 10.1. The molecule has 1 aromatic heterocycles. The van der Waals surface area contributed by atoms with Crippen molar-refractivity contribution in [3.05, 3.63) is 98.6 Å². The summed E-state index contributed by atoms with van der Waals surface area (Å²) < 4.78 is 46.6. The first kappa shape index (κ1) is 26.8. The van der Waals surface area contributed by atoms with E-state index in [9.17, 15) is 32.5 Å². The fourth-order valence-electron chi connectivity index (χ4n) is 3.32. The molecule has 2 N–H and O–H groups in total. The highest BCUT2D eigenvalue weighted by atomic mass is 32.2. The Hall–Kier alpha value is -4.30. The lowest BCUT2D eigenvalue weighted by molar-refractivity contribution is -0.384. The molecule has 1 aliphatic heterocycles. The lowest BCUT2D eigenvalue weighted by Gasteiger charge is -2.14. The van der Waals surface area contributed by atoms with Gasteiger partial charge in [-0.15, -0.1) is 0 Å². The van der Waals surface area contributed by atoms with E-state index in [0.29, 0.717) is 12.2 Å². The topological polar surface area (TPSA) is 161 Å². The Morgan fingerprint density at radius 3 is 2.47 bits per heavy atom. The number of benzene rings is 2. The number of sulfonamides is 1. The Balaban J connectivity index is 1.61. The molecule has 11 nitrogen and oxygen atoms in total. The molecule has 4 rings (SSSR count). The number of aliphatic imine (C=N–C) groups is 1. The van der Waals surface area contributed by atoms with Gasteiger partial charge in [-0.25, -0.2) is 22.5 Å². The van der Waals surface area contributed by atoms with Crippen LogP contribution in [0.15, 0.2) is 79.9 Å². The van der Waals surface area contributed by atoms with Crippen LogP contribution in [0.3, 0.4) is 0 Å². The zero-order chi connectivity index (χ0) is 27.4. The van der Waals surface area contributed by atoms with Gasteiger partial charge in [-0.1, -0.05) is 19.1 Å². The van der Waals surface area contributed by atoms with E-state index in [2.05, 4.69) is 10.3 Å². The Kier molecular flexibility index (Phi) is 7.73. The number of hydrogen-bond acceptors (Lipinski definition) is 9. The third-order valence-corrected chi connectivity index (χ3v) is 7.52. The molecule has 0 saturated carbocycles. The van der Waals surface area contributed by atoms with Crippen LogP contribution in [-0.2, 0) is 26.0 Å². The Morgan fingerprint density at radius 1 is 1.18 bits per heavy atom. The molecule has 2 amide bonds. The Morgan fingerprint density at radius 2 is 1.87 bits per heavy atom. The van der Waals surface area contributed by atoms with Gasteiger partial charge in [0.2, 0.25) is 0 Å². The van der Waals surface area contributed by atoms with E-state index in [0.717, 1.165) is 53.9 Å². The smallest absolute Gasteiger partial charge is 0.269 e. The number of amidine groups is 1. The SMILES string of the molecule is CCc1ccc(/C=C2\SC(=N[C@H](C(=O)NS(=O)(=O)c3ccc([N+](=O)[O-])cc3)c3ccc(F)cc3)NC2=O)o1. The van der Waals surface area contributed by atoms with Crippen molar-refractivity contribution < 1.29 is 31.7 Å². The van der Waals surface area contributed by atoms with E-state index in [1.807, 2.05) is 11.6 Å². The number of thioether (sulfide) groups is 1. The molecule has 1 saturated heterocycles. The summed E-state index contributed by atoms with van der Waals surface area (Å²) in [5.74, 6) is -0.995. The minimum Gasteiger partial charge on any atom is -0.462 e. The standard InChI is InChI=1S/C24H19FN4O7S2/c1-2-17-9-10-18(36-17)13-20-22(30)27-24(37-20)26-21(14-3-5-15(25)6-4-14)23(31)28-38(34,35)19-11-7-16(8-12-19)29(32)33/h3-13,21H,2H2,1H3,(H,28,31)(H,26,27,30)/b20-13-/t21-/m0/s1. The van der Waals surface area contributed by atoms with Gasteiger partial charge in [0, 0.05) is 24.6 Å². The number of rotatable bonds is 8. The molecule has 2 heterocycles. The number of carbonyl (C=O) groups excluding carboxylic acids is 2. The predicted octanol–water partition coefficient (Wildman–Crippen LogP) is 3.70. The Bertz CT molecular complexity index is 1560. The first-order chi connectivity index (χ1) is 18.1. The second kappa shape index (κ2) is 11.0. The van der Waals surface area contributed by atoms with Crippen LogP contribution < -0.4 is 10.0 Å². The first-order valence-corrected chi connectivity index (χ1v) is 13.3. The van der Waals surface area contributed by atoms with E-state index in [4.69, 9.17) is 4.42 Å². The maximum atomic E-state index is 13.5. The molecule has 0 spiro atoms. The zero-order valence-corrected chi connectivity index (χ0v) is 21.2. The highest BCUT2D eigenvalue weighted by molar-refractivity contribution is 8.18. The lowest BCUT2D eigenvalue weighted by Crippen LogP contribution is -2.35. The highest BCUT2D eigenvalue weighted by Gasteiger charge is 2.30. The largest absolute Gasteiger partial charge is 0.462 e. The summed E-state index contributed by atoms with van der Waals surface area (Å²) in [7, 11) is -4.44. The maximum absolute atomic E-state index is 13.5. The fraction of sp³-hybridized carbons (Fsp3) is 0.125. The normalized spacial score (nSPS) is 16.4. The number of nitro benzene ring substituents is 1. The van der Waals surface area contributed by atoms with Gasteiger partial charge >= 0.3 is 0 Å². The van der Waals surface area contributed by atoms with Gasteiger partial charge in [0.1, 0.15) is 17.3 Å². The molecule has 38 heavy (non-hydrogen) atoms. The quantitative estimate of drug-likeness (QED) is 0.240. The summed E-state index contributed by atoms with van der Waals surface area (Å²) in [4.78, 5) is 39.8. The summed E-state index contributed by atoms with van der Waals surface area (Å²) in [5, 5.41) is 13.4. The first-order valence-electron chi connectivity index (χ1n) is 11.0. The number of nitrogens with zero attached hydrogens (tertiary/aromatic N) is 2. The van der Waals surface area contributed by atoms with Crippen molar-refractivity contribution in [2.45, 2.75) is 24.3 Å². The van der Waals surface area contributed by atoms with E-state index >= 15 is 0 Å². The maximum Gasteiger partial charge on any atom is 0.269 e. The van der Waals surface area contributed by atoms with Crippen LogP contribution in [-0.4, -0.2) is 30.3 Å². The molecule has 0 radical (unpaired) electrons. The second-order valence-electron chi connectivity index (χ2n) is 7.83. The van der Waals surface area contributed by atoms with Gasteiger partial charge in [-0.3, -0.25) is 19.7 Å². The van der Waals surface area contributed by atoms with Crippen molar-refractivity contribution in [3.63, 3.8) is 0 Å². The number of hydrogen-bond donors (Lipinski definition) is 2. The summed E-state index contributed by atoms with van der Waals surface area (Å²) in [6.45, 7) is 1.92. The fourth-order valence-corrected chi connectivity index (χ4v) is 5.14. The predicted molar refractivity (Wildman–Crippen MR) is 137 cm³/mol. The summed E-state index contributed by atoms with van der Waals surface area (Å²) in [6.07, 6.45) is 2.18. The van der Waals surface area contributed by atoms with Crippen LogP contribution in [0.4, 0.5) is 10.1 Å². The molecular weight excluding hydrogens is 539 g/mol. The molecule has 196 valence electrons. The zero-order valence-electron chi connectivity index (χ0n) is 19.6. The molecule has 1 fully saturated rings. The third-order valence-electron chi connectivity index (χ3n) is 5.23. The number of amides is 2. The number of halogens is 1. The van der Waals surface area contributed by atoms with Crippen molar-refractivity contribution in [1.82, 2.24) is 10.0 Å². The summed E-state index contributed by atoms with van der Waals surface area (Å²) >= 11 is 0.916. The number of nitrogens with one attached hydrogen (secondary N) is 2. The van der Waals surface area contributed by atoms with Gasteiger partial charge in [-0.05, 0) is 53.7 Å². The summed E-state index contributed by atoms with van der Waals surface area (Å²) in [5.41, 5.74) is -0.176. The van der Waals surface area contributed by atoms with E-state index in [-0.39, 0.29) is 26.2 Å². The van der Waals surface area contributed by atoms with E-state index < -0.39 is 38.6 Å². The number of non-ortho nitro benzene ring substituents is 1. The minimum atomic E-state index is -4.44. The summed E-state index contributed by atoms with van der Waals surface area (Å²) in [6, 6.07) is 10.6. The van der Waals surface area contributed by atoms with Crippen LogP contribution in [0.1, 0.15) is 30.0 Å².